The van der Waals surface area contributed by atoms with Crippen molar-refractivity contribution in [3.63, 3.8) is 0 Å². The maximum Gasteiger partial charge on any atom is 0.0597 e. The fraction of sp³-hybridized carbons (Fsp3) is 0. The van der Waals surface area contributed by atoms with E-state index in [0.717, 1.165) is 5.39 Å². The van der Waals surface area contributed by atoms with E-state index in [9.17, 15) is 5.11 Å². The molecule has 0 amide bonds. The van der Waals surface area contributed by atoms with Crippen LogP contribution in [0.5, 0.6) is 5.75 Å². The van der Waals surface area contributed by atoms with E-state index in [4.69, 9.17) is 0 Å². The number of fused-ring (bicyclic) bond motifs is 1. The Morgan fingerprint density at radius 1 is 1.33 bits per heavy atom. The Morgan fingerprint density at radius 2 is 2.17 bits per heavy atom. The molecule has 2 nitrogen and oxygen atoms in total. The molecule has 1 aromatic carbocycles. The van der Waals surface area contributed by atoms with Gasteiger partial charge in [0.15, 0.2) is 0 Å². The average Bonchev–Trinajstić information content (AvgIpc) is 2.06. The number of hydrogen-bond acceptors (Lipinski definition) is 2. The third-order valence-corrected chi connectivity index (χ3v) is 1.53. The SMILES string of the molecule is Oc1cc[c-]c2cccnc12.[Fe]. The van der Waals surface area contributed by atoms with Gasteiger partial charge in [0.1, 0.15) is 0 Å². The van der Waals surface area contributed by atoms with Gasteiger partial charge < -0.3 is 10.1 Å². The molecule has 0 bridgehead atoms. The van der Waals surface area contributed by atoms with Crippen molar-refractivity contribution in [2.45, 2.75) is 0 Å². The summed E-state index contributed by atoms with van der Waals surface area (Å²) in [6, 6.07) is 9.91. The number of aromatic hydroxyl groups is 1. The molecule has 2 aromatic rings. The molecule has 1 heterocycles. The van der Waals surface area contributed by atoms with Crippen molar-refractivity contribution in [3.05, 3.63) is 36.5 Å². The Balaban J connectivity index is 0.000000720. The first-order chi connectivity index (χ1) is 5.38. The van der Waals surface area contributed by atoms with Gasteiger partial charge in [-0.25, -0.2) is 0 Å². The monoisotopic (exact) mass is 200 g/mol. The second-order valence-corrected chi connectivity index (χ2v) is 2.26. The van der Waals surface area contributed by atoms with Gasteiger partial charge >= 0.3 is 0 Å². The van der Waals surface area contributed by atoms with E-state index >= 15 is 0 Å². The first-order valence-electron chi connectivity index (χ1n) is 3.32. The molecule has 0 radical (unpaired) electrons. The van der Waals surface area contributed by atoms with Crippen LogP contribution >= 0.6 is 0 Å². The summed E-state index contributed by atoms with van der Waals surface area (Å²) in [4.78, 5) is 4.00. The second-order valence-electron chi connectivity index (χ2n) is 2.26. The molecule has 1 N–H and O–H groups in total. The Bertz CT molecular complexity index is 384. The maximum absolute atomic E-state index is 9.29. The molecule has 0 unspecified atom stereocenters. The van der Waals surface area contributed by atoms with E-state index in [1.54, 1.807) is 18.3 Å². The molecule has 0 atom stereocenters. The summed E-state index contributed by atoms with van der Waals surface area (Å²) in [5, 5.41) is 10.1. The van der Waals surface area contributed by atoms with Crippen LogP contribution in [0.2, 0.25) is 0 Å². The predicted molar refractivity (Wildman–Crippen MR) is 42.2 cm³/mol. The van der Waals surface area contributed by atoms with Gasteiger partial charge in [0.05, 0.1) is 5.75 Å². The van der Waals surface area contributed by atoms with Crippen molar-refractivity contribution in [1.82, 2.24) is 4.98 Å². The van der Waals surface area contributed by atoms with E-state index in [1.165, 1.54) is 0 Å². The summed E-state index contributed by atoms with van der Waals surface area (Å²) in [6.07, 6.45) is 1.65. The number of phenols is 1. The van der Waals surface area contributed by atoms with E-state index in [1.807, 2.05) is 12.1 Å². The Labute approximate surface area is 80.7 Å². The molecule has 0 fully saturated rings. The summed E-state index contributed by atoms with van der Waals surface area (Å²) in [5.74, 6) is 0.208. The number of aromatic nitrogens is 1. The maximum atomic E-state index is 9.29. The quantitative estimate of drug-likeness (QED) is 0.518. The van der Waals surface area contributed by atoms with Crippen LogP contribution in [0.3, 0.4) is 0 Å². The minimum atomic E-state index is 0. The number of phenolic OH excluding ortho intramolecular Hbond substituents is 1. The van der Waals surface area contributed by atoms with Crippen molar-refractivity contribution in [2.24, 2.45) is 0 Å². The zero-order valence-electron chi connectivity index (χ0n) is 6.13. The van der Waals surface area contributed by atoms with Crippen LogP contribution in [0, 0.1) is 6.07 Å². The number of benzene rings is 1. The molecule has 0 aliphatic carbocycles. The van der Waals surface area contributed by atoms with E-state index in [0.29, 0.717) is 5.52 Å². The van der Waals surface area contributed by atoms with E-state index in [-0.39, 0.29) is 22.8 Å². The van der Waals surface area contributed by atoms with Gasteiger partial charge in [-0.15, -0.1) is 23.6 Å². The van der Waals surface area contributed by atoms with Crippen LogP contribution in [0.4, 0.5) is 0 Å². The first-order valence-corrected chi connectivity index (χ1v) is 3.32. The zero-order chi connectivity index (χ0) is 7.68. The third kappa shape index (κ3) is 1.42. The summed E-state index contributed by atoms with van der Waals surface area (Å²) in [6.45, 7) is 0. The molecule has 3 heteroatoms. The zero-order valence-corrected chi connectivity index (χ0v) is 7.24. The van der Waals surface area contributed by atoms with Crippen LogP contribution in [0.25, 0.3) is 10.9 Å². The van der Waals surface area contributed by atoms with Gasteiger partial charge in [-0.2, -0.15) is 0 Å². The molecule has 2 rings (SSSR count). The first kappa shape index (κ1) is 9.04. The number of rotatable bonds is 0. The van der Waals surface area contributed by atoms with Crippen LogP contribution < -0.4 is 0 Å². The Hall–Kier alpha value is -1.05. The molecule has 0 aliphatic heterocycles. The van der Waals surface area contributed by atoms with Crippen LogP contribution in [0.15, 0.2) is 30.5 Å². The summed E-state index contributed by atoms with van der Waals surface area (Å²) in [5.41, 5.74) is 0.606. The largest absolute Gasteiger partial charge is 0.525 e. The standard InChI is InChI=1S/C9H6NO.Fe/c11-8-5-1-3-7-4-2-6-10-9(7)8;/h1-2,4-6,11H;/q-1;. The predicted octanol–water partition coefficient (Wildman–Crippen LogP) is 1.74. The van der Waals surface area contributed by atoms with Gasteiger partial charge in [0.2, 0.25) is 0 Å². The Morgan fingerprint density at radius 3 is 2.92 bits per heavy atom. The fourth-order valence-electron chi connectivity index (χ4n) is 1.02. The smallest absolute Gasteiger partial charge is 0.0597 e. The molecule has 0 aliphatic rings. The number of pyridine rings is 1. The normalized spacial score (nSPS) is 9.33. The van der Waals surface area contributed by atoms with E-state index < -0.39 is 0 Å². The number of nitrogens with zero attached hydrogens (tertiary/aromatic N) is 1. The molecule has 0 saturated carbocycles. The topological polar surface area (TPSA) is 33.1 Å². The third-order valence-electron chi connectivity index (χ3n) is 1.53. The molecule has 62 valence electrons. The van der Waals surface area contributed by atoms with Gasteiger partial charge in [-0.05, 0) is 0 Å². The molecular formula is C9H6FeNO-. The molecule has 12 heavy (non-hydrogen) atoms. The molecule has 0 saturated heterocycles. The minimum Gasteiger partial charge on any atom is -0.525 e. The Kier molecular flexibility index (Phi) is 2.69. The fourth-order valence-corrected chi connectivity index (χ4v) is 1.02. The van der Waals surface area contributed by atoms with Crippen LogP contribution in [-0.4, -0.2) is 10.1 Å². The van der Waals surface area contributed by atoms with Crippen molar-refractivity contribution in [1.29, 1.82) is 0 Å². The van der Waals surface area contributed by atoms with Crippen molar-refractivity contribution in [3.8, 4) is 5.75 Å². The van der Waals surface area contributed by atoms with E-state index in [2.05, 4.69) is 11.1 Å². The summed E-state index contributed by atoms with van der Waals surface area (Å²) < 4.78 is 0. The minimum absolute atomic E-state index is 0. The number of hydrogen-bond donors (Lipinski definition) is 1. The molecular weight excluding hydrogens is 194 g/mol. The van der Waals surface area contributed by atoms with Gasteiger partial charge in [0, 0.05) is 28.8 Å². The average molecular weight is 200 g/mol. The molecule has 0 spiro atoms. The van der Waals surface area contributed by atoms with Crippen LogP contribution in [0.1, 0.15) is 0 Å². The van der Waals surface area contributed by atoms with Gasteiger partial charge in [-0.3, -0.25) is 0 Å². The van der Waals surface area contributed by atoms with Crippen molar-refractivity contribution < 1.29 is 22.2 Å². The summed E-state index contributed by atoms with van der Waals surface area (Å²) >= 11 is 0. The van der Waals surface area contributed by atoms with Crippen LogP contribution in [-0.2, 0) is 17.1 Å². The van der Waals surface area contributed by atoms with Crippen molar-refractivity contribution >= 4 is 10.9 Å². The molecule has 1 aromatic heterocycles. The summed E-state index contributed by atoms with van der Waals surface area (Å²) in [7, 11) is 0. The van der Waals surface area contributed by atoms with Gasteiger partial charge in [0.25, 0.3) is 0 Å². The van der Waals surface area contributed by atoms with Gasteiger partial charge in [-0.1, -0.05) is 12.1 Å². The second kappa shape index (κ2) is 3.57. The van der Waals surface area contributed by atoms with Crippen molar-refractivity contribution in [2.75, 3.05) is 0 Å².